The molecule has 2 aliphatic carbocycles. The highest BCUT2D eigenvalue weighted by Gasteiger charge is 2.40. The fourth-order valence-electron chi connectivity index (χ4n) is 4.34. The van der Waals surface area contributed by atoms with Gasteiger partial charge in [0.05, 0.1) is 12.5 Å². The van der Waals surface area contributed by atoms with Gasteiger partial charge in [0, 0.05) is 17.0 Å². The summed E-state index contributed by atoms with van der Waals surface area (Å²) in [5, 5.41) is 7.83. The fraction of sp³-hybridized carbons (Fsp3) is 0.647. The molecule has 0 saturated heterocycles. The lowest BCUT2D eigenvalue weighted by atomic mass is 9.67. The maximum Gasteiger partial charge on any atom is 0.312 e. The third kappa shape index (κ3) is 4.08. The molecule has 1 aromatic heterocycles. The largest absolute Gasteiger partial charge is 0.353 e. The molecule has 3 amide bonds. The van der Waals surface area contributed by atoms with Gasteiger partial charge in [0.1, 0.15) is 0 Å². The Hall–Kier alpha value is -1.60. The van der Waals surface area contributed by atoms with Crippen molar-refractivity contribution < 1.29 is 9.59 Å². The minimum atomic E-state index is -0.610. The van der Waals surface area contributed by atoms with Crippen LogP contribution in [-0.2, 0) is 4.79 Å². The molecule has 0 radical (unpaired) electrons. The number of fused-ring (bicyclic) bond motifs is 2. The number of nitrogens with two attached hydrogens (primary N) is 2. The van der Waals surface area contributed by atoms with E-state index in [0.29, 0.717) is 11.8 Å². The lowest BCUT2D eigenvalue weighted by Gasteiger charge is -2.45. The minimum absolute atomic E-state index is 0.0282. The van der Waals surface area contributed by atoms with Gasteiger partial charge in [-0.2, -0.15) is 0 Å². The van der Waals surface area contributed by atoms with E-state index in [2.05, 4.69) is 10.6 Å². The van der Waals surface area contributed by atoms with Crippen molar-refractivity contribution in [1.29, 1.82) is 0 Å². The number of amides is 3. The Kier molecular flexibility index (Phi) is 5.40. The van der Waals surface area contributed by atoms with Crippen LogP contribution < -0.4 is 22.1 Å². The molecule has 0 spiro atoms. The highest BCUT2D eigenvalue weighted by atomic mass is 32.1. The molecule has 7 heteroatoms. The molecule has 0 aliphatic heterocycles. The second-order valence-electron chi connectivity index (χ2n) is 7.06. The van der Waals surface area contributed by atoms with Crippen LogP contribution in [-0.4, -0.2) is 24.0 Å². The van der Waals surface area contributed by atoms with Crippen molar-refractivity contribution in [3.63, 3.8) is 0 Å². The van der Waals surface area contributed by atoms with E-state index in [-0.39, 0.29) is 30.5 Å². The van der Waals surface area contributed by atoms with Gasteiger partial charge >= 0.3 is 6.03 Å². The SMILES string of the molecule is NC(=O)NC(CC(=O)NC1C2CCCC1CC(N)C2)c1cccs1. The number of urea groups is 1. The quantitative estimate of drug-likeness (QED) is 0.650. The summed E-state index contributed by atoms with van der Waals surface area (Å²) in [6.45, 7) is 0. The predicted octanol–water partition coefficient (Wildman–Crippen LogP) is 1.87. The number of primary amides is 1. The third-order valence-corrected chi connectivity index (χ3v) is 6.28. The Morgan fingerprint density at radius 1 is 1.29 bits per heavy atom. The first-order valence-electron chi connectivity index (χ1n) is 8.67. The maximum absolute atomic E-state index is 12.6. The summed E-state index contributed by atoms with van der Waals surface area (Å²) in [6, 6.07) is 3.33. The molecule has 0 aromatic carbocycles. The maximum atomic E-state index is 12.6. The molecule has 6 N–H and O–H groups in total. The van der Waals surface area contributed by atoms with Crippen molar-refractivity contribution in [1.82, 2.24) is 10.6 Å². The van der Waals surface area contributed by atoms with E-state index < -0.39 is 6.03 Å². The van der Waals surface area contributed by atoms with Crippen molar-refractivity contribution in [2.75, 3.05) is 0 Å². The van der Waals surface area contributed by atoms with Crippen LogP contribution >= 0.6 is 11.3 Å². The van der Waals surface area contributed by atoms with E-state index in [9.17, 15) is 9.59 Å². The van der Waals surface area contributed by atoms with Crippen LogP contribution in [0.2, 0.25) is 0 Å². The van der Waals surface area contributed by atoms with Crippen LogP contribution in [0.5, 0.6) is 0 Å². The molecule has 2 fully saturated rings. The molecule has 2 saturated carbocycles. The monoisotopic (exact) mass is 350 g/mol. The van der Waals surface area contributed by atoms with E-state index in [1.54, 1.807) is 0 Å². The number of thiophene rings is 1. The first-order chi connectivity index (χ1) is 11.5. The van der Waals surface area contributed by atoms with Gasteiger partial charge in [-0.1, -0.05) is 12.5 Å². The molecule has 2 aliphatic rings. The smallest absolute Gasteiger partial charge is 0.312 e. The van der Waals surface area contributed by atoms with E-state index in [1.165, 1.54) is 17.8 Å². The molecule has 3 rings (SSSR count). The topological polar surface area (TPSA) is 110 Å². The molecule has 2 bridgehead atoms. The second-order valence-corrected chi connectivity index (χ2v) is 8.04. The summed E-state index contributed by atoms with van der Waals surface area (Å²) in [6.07, 6.45) is 5.72. The van der Waals surface area contributed by atoms with Gasteiger partial charge in [0.25, 0.3) is 0 Å². The average molecular weight is 350 g/mol. The summed E-state index contributed by atoms with van der Waals surface area (Å²) in [4.78, 5) is 24.8. The second kappa shape index (κ2) is 7.53. The normalized spacial score (nSPS) is 30.4. The number of rotatable bonds is 5. The number of hydrogen-bond donors (Lipinski definition) is 4. The summed E-state index contributed by atoms with van der Waals surface area (Å²) < 4.78 is 0. The zero-order valence-corrected chi connectivity index (χ0v) is 14.6. The summed E-state index contributed by atoms with van der Waals surface area (Å²) in [5.74, 6) is 0.945. The van der Waals surface area contributed by atoms with Gasteiger partial charge in [-0.05, 0) is 49.0 Å². The van der Waals surface area contributed by atoms with Crippen LogP contribution in [0.25, 0.3) is 0 Å². The standard InChI is InChI=1S/C17H26N4O2S/c18-12-7-10-3-1-4-11(8-12)16(10)21-15(22)9-13(20-17(19)23)14-5-2-6-24-14/h2,5-6,10-13,16H,1,3-4,7-9,18H2,(H,21,22)(H3,19,20,23). The summed E-state index contributed by atoms with van der Waals surface area (Å²) in [7, 11) is 0. The predicted molar refractivity (Wildman–Crippen MR) is 94.4 cm³/mol. The molecule has 3 atom stereocenters. The molecule has 6 nitrogen and oxygen atoms in total. The van der Waals surface area contributed by atoms with Crippen molar-refractivity contribution in [3.8, 4) is 0 Å². The zero-order valence-electron chi connectivity index (χ0n) is 13.7. The Morgan fingerprint density at radius 3 is 2.58 bits per heavy atom. The number of hydrogen-bond acceptors (Lipinski definition) is 4. The molecule has 132 valence electrons. The first kappa shape index (κ1) is 17.2. The molecule has 1 heterocycles. The Morgan fingerprint density at radius 2 is 2.00 bits per heavy atom. The van der Waals surface area contributed by atoms with Crippen molar-refractivity contribution in [2.24, 2.45) is 23.3 Å². The molecular formula is C17H26N4O2S. The Labute approximate surface area is 146 Å². The lowest BCUT2D eigenvalue weighted by molar-refractivity contribution is -0.123. The van der Waals surface area contributed by atoms with Crippen LogP contribution in [0.4, 0.5) is 4.79 Å². The van der Waals surface area contributed by atoms with Crippen LogP contribution in [0.3, 0.4) is 0 Å². The van der Waals surface area contributed by atoms with Gasteiger partial charge in [-0.25, -0.2) is 4.79 Å². The van der Waals surface area contributed by atoms with Gasteiger partial charge < -0.3 is 22.1 Å². The van der Waals surface area contributed by atoms with Gasteiger partial charge in [-0.3, -0.25) is 4.79 Å². The zero-order chi connectivity index (χ0) is 17.1. The molecule has 3 unspecified atom stereocenters. The highest BCUT2D eigenvalue weighted by Crippen LogP contribution is 2.39. The number of carbonyl (C=O) groups excluding carboxylic acids is 2. The van der Waals surface area contributed by atoms with E-state index >= 15 is 0 Å². The van der Waals surface area contributed by atoms with E-state index in [1.807, 2.05) is 17.5 Å². The summed E-state index contributed by atoms with van der Waals surface area (Å²) >= 11 is 1.51. The van der Waals surface area contributed by atoms with Crippen LogP contribution in [0.15, 0.2) is 17.5 Å². The molecule has 1 aromatic rings. The Balaban J connectivity index is 1.62. The van der Waals surface area contributed by atoms with Gasteiger partial charge in [-0.15, -0.1) is 11.3 Å². The van der Waals surface area contributed by atoms with Crippen molar-refractivity contribution in [2.45, 2.75) is 56.7 Å². The van der Waals surface area contributed by atoms with E-state index in [0.717, 1.165) is 30.6 Å². The number of carbonyl (C=O) groups is 2. The minimum Gasteiger partial charge on any atom is -0.353 e. The highest BCUT2D eigenvalue weighted by molar-refractivity contribution is 7.10. The Bertz CT molecular complexity index is 563. The first-order valence-corrected chi connectivity index (χ1v) is 9.55. The number of nitrogens with one attached hydrogen (secondary N) is 2. The lowest BCUT2D eigenvalue weighted by Crippen LogP contribution is -2.54. The summed E-state index contributed by atoms with van der Waals surface area (Å²) in [5.41, 5.74) is 11.4. The third-order valence-electron chi connectivity index (χ3n) is 5.30. The van der Waals surface area contributed by atoms with Crippen molar-refractivity contribution >= 4 is 23.3 Å². The van der Waals surface area contributed by atoms with Crippen LogP contribution in [0, 0.1) is 11.8 Å². The van der Waals surface area contributed by atoms with Gasteiger partial charge in [0.2, 0.25) is 5.91 Å². The molecular weight excluding hydrogens is 324 g/mol. The van der Waals surface area contributed by atoms with Crippen LogP contribution in [0.1, 0.15) is 49.4 Å². The fourth-order valence-corrected chi connectivity index (χ4v) is 5.12. The van der Waals surface area contributed by atoms with E-state index in [4.69, 9.17) is 11.5 Å². The molecule has 24 heavy (non-hydrogen) atoms. The van der Waals surface area contributed by atoms with Crippen molar-refractivity contribution in [3.05, 3.63) is 22.4 Å². The average Bonchev–Trinajstić information content (AvgIpc) is 3.01. The van der Waals surface area contributed by atoms with Gasteiger partial charge in [0.15, 0.2) is 0 Å².